The first-order chi connectivity index (χ1) is 7.22. The lowest BCUT2D eigenvalue weighted by molar-refractivity contribution is -0.0592. The van der Waals surface area contributed by atoms with E-state index in [4.69, 9.17) is 28.0 Å². The molecule has 0 bridgehead atoms. The molecular formula is C10H14Cl2N2O2. The third-order valence-electron chi connectivity index (χ3n) is 1.80. The maximum Gasteiger partial charge on any atom is 0.291 e. The average molecular weight is 265 g/mol. The summed E-state index contributed by atoms with van der Waals surface area (Å²) in [7, 11) is 1.65. The predicted octanol–water partition coefficient (Wildman–Crippen LogP) is 2.79. The number of nitrogens with one attached hydrogen (secondary N) is 1. The molecule has 1 amide bonds. The van der Waals surface area contributed by atoms with Gasteiger partial charge < -0.3 is 4.57 Å². The molecular weight excluding hydrogens is 251 g/mol. The van der Waals surface area contributed by atoms with E-state index in [1.54, 1.807) is 7.05 Å². The number of amides is 1. The van der Waals surface area contributed by atoms with Crippen molar-refractivity contribution in [1.29, 1.82) is 0 Å². The van der Waals surface area contributed by atoms with E-state index >= 15 is 0 Å². The first-order valence-corrected chi connectivity index (χ1v) is 5.47. The van der Waals surface area contributed by atoms with E-state index in [0.29, 0.717) is 15.9 Å². The highest BCUT2D eigenvalue weighted by Gasteiger charge is 2.18. The molecule has 1 N–H and O–H groups in total. The summed E-state index contributed by atoms with van der Waals surface area (Å²) in [4.78, 5) is 16.9. The summed E-state index contributed by atoms with van der Waals surface area (Å²) in [5.74, 6) is -0.383. The minimum absolute atomic E-state index is 0.322. The smallest absolute Gasteiger partial charge is 0.291 e. The first-order valence-electron chi connectivity index (χ1n) is 4.71. The highest BCUT2D eigenvalue weighted by atomic mass is 35.5. The summed E-state index contributed by atoms with van der Waals surface area (Å²) < 4.78 is 1.49. The van der Waals surface area contributed by atoms with Crippen molar-refractivity contribution in [2.75, 3.05) is 0 Å². The molecule has 1 aromatic rings. The Bertz CT molecular complexity index is 408. The summed E-state index contributed by atoms with van der Waals surface area (Å²) >= 11 is 11.6. The third-order valence-corrected chi connectivity index (χ3v) is 2.64. The number of carbonyl (C=O) groups is 1. The highest BCUT2D eigenvalue weighted by molar-refractivity contribution is 6.41. The standard InChI is InChI=1S/C10H14Cl2N2O2/c1-10(2,3)16-13-9(15)7-5-6(11)8(12)14(7)4/h5H,1-4H3,(H,13,15). The molecule has 1 rings (SSSR count). The third kappa shape index (κ3) is 3.14. The molecule has 0 spiro atoms. The second-order valence-electron chi connectivity index (χ2n) is 4.37. The van der Waals surface area contributed by atoms with Crippen molar-refractivity contribution >= 4 is 29.1 Å². The van der Waals surface area contributed by atoms with E-state index in [0.717, 1.165) is 0 Å². The number of aromatic nitrogens is 1. The van der Waals surface area contributed by atoms with E-state index in [2.05, 4.69) is 5.48 Å². The maximum atomic E-state index is 11.7. The van der Waals surface area contributed by atoms with Gasteiger partial charge in [0.2, 0.25) is 0 Å². The lowest BCUT2D eigenvalue weighted by Gasteiger charge is -2.18. The van der Waals surface area contributed by atoms with Crippen LogP contribution in [0.3, 0.4) is 0 Å². The van der Waals surface area contributed by atoms with Crippen molar-refractivity contribution in [1.82, 2.24) is 10.0 Å². The fourth-order valence-electron chi connectivity index (χ4n) is 1.01. The Morgan fingerprint density at radius 1 is 1.44 bits per heavy atom. The van der Waals surface area contributed by atoms with E-state index in [1.807, 2.05) is 20.8 Å². The minimum Gasteiger partial charge on any atom is -0.329 e. The molecule has 0 aromatic carbocycles. The van der Waals surface area contributed by atoms with Gasteiger partial charge in [0.15, 0.2) is 0 Å². The molecule has 0 aliphatic carbocycles. The van der Waals surface area contributed by atoms with Crippen LogP contribution in [0, 0.1) is 0 Å². The molecule has 0 unspecified atom stereocenters. The summed E-state index contributed by atoms with van der Waals surface area (Å²) in [5.41, 5.74) is 2.24. The zero-order valence-electron chi connectivity index (χ0n) is 9.60. The molecule has 90 valence electrons. The van der Waals surface area contributed by atoms with Crippen LogP contribution in [0.15, 0.2) is 6.07 Å². The molecule has 1 heterocycles. The van der Waals surface area contributed by atoms with Crippen LogP contribution in [-0.2, 0) is 11.9 Å². The number of hydrogen-bond donors (Lipinski definition) is 1. The Kier molecular flexibility index (Phi) is 3.88. The van der Waals surface area contributed by atoms with Crippen molar-refractivity contribution in [2.24, 2.45) is 7.05 Å². The van der Waals surface area contributed by atoms with Crippen molar-refractivity contribution in [2.45, 2.75) is 26.4 Å². The van der Waals surface area contributed by atoms with Crippen LogP contribution >= 0.6 is 23.2 Å². The molecule has 0 aliphatic rings. The Hall–Kier alpha value is -0.710. The second kappa shape index (κ2) is 4.65. The molecule has 1 aromatic heterocycles. The molecule has 4 nitrogen and oxygen atoms in total. The van der Waals surface area contributed by atoms with Crippen molar-refractivity contribution in [3.63, 3.8) is 0 Å². The van der Waals surface area contributed by atoms with Crippen molar-refractivity contribution < 1.29 is 9.63 Å². The van der Waals surface area contributed by atoms with Gasteiger partial charge in [-0.15, -0.1) is 0 Å². The number of hydrogen-bond acceptors (Lipinski definition) is 2. The molecule has 0 atom stereocenters. The summed E-state index contributed by atoms with van der Waals surface area (Å²) in [6, 6.07) is 1.49. The quantitative estimate of drug-likeness (QED) is 0.835. The average Bonchev–Trinajstić information content (AvgIpc) is 2.41. The second-order valence-corrected chi connectivity index (χ2v) is 5.14. The molecule has 0 aliphatic heterocycles. The number of carbonyl (C=O) groups excluding carboxylic acids is 1. The Labute approximate surface area is 104 Å². The van der Waals surface area contributed by atoms with E-state index in [9.17, 15) is 4.79 Å². The predicted molar refractivity (Wildman–Crippen MR) is 63.7 cm³/mol. The van der Waals surface area contributed by atoms with E-state index < -0.39 is 5.60 Å². The Morgan fingerprint density at radius 3 is 2.38 bits per heavy atom. The molecule has 0 radical (unpaired) electrons. The largest absolute Gasteiger partial charge is 0.329 e. The molecule has 6 heteroatoms. The van der Waals surface area contributed by atoms with E-state index in [1.165, 1.54) is 10.6 Å². The molecule has 0 saturated heterocycles. The Balaban J connectivity index is 2.78. The summed E-state index contributed by atoms with van der Waals surface area (Å²) in [6.45, 7) is 5.49. The number of nitrogens with zero attached hydrogens (tertiary/aromatic N) is 1. The topological polar surface area (TPSA) is 43.3 Å². The van der Waals surface area contributed by atoms with Crippen molar-refractivity contribution in [3.05, 3.63) is 21.9 Å². The zero-order valence-corrected chi connectivity index (χ0v) is 11.1. The van der Waals surface area contributed by atoms with Crippen LogP contribution in [0.4, 0.5) is 0 Å². The van der Waals surface area contributed by atoms with Gasteiger partial charge >= 0.3 is 0 Å². The monoisotopic (exact) mass is 264 g/mol. The molecule has 0 saturated carbocycles. The van der Waals surface area contributed by atoms with Gasteiger partial charge in [0.05, 0.1) is 10.6 Å². The van der Waals surface area contributed by atoms with Crippen LogP contribution < -0.4 is 5.48 Å². The number of rotatable bonds is 2. The van der Waals surface area contributed by atoms with Crippen LogP contribution in [0.2, 0.25) is 10.2 Å². The van der Waals surface area contributed by atoms with Gasteiger partial charge in [-0.2, -0.15) is 0 Å². The zero-order chi connectivity index (χ0) is 12.5. The van der Waals surface area contributed by atoms with E-state index in [-0.39, 0.29) is 5.91 Å². The lowest BCUT2D eigenvalue weighted by atomic mass is 10.2. The van der Waals surface area contributed by atoms with Crippen LogP contribution in [0.25, 0.3) is 0 Å². The fourth-order valence-corrected chi connectivity index (χ4v) is 1.39. The highest BCUT2D eigenvalue weighted by Crippen LogP contribution is 2.25. The van der Waals surface area contributed by atoms with Gasteiger partial charge in [-0.05, 0) is 26.8 Å². The Morgan fingerprint density at radius 2 is 2.00 bits per heavy atom. The lowest BCUT2D eigenvalue weighted by Crippen LogP contribution is -2.34. The number of halogens is 2. The van der Waals surface area contributed by atoms with Gasteiger partial charge in [0.1, 0.15) is 10.8 Å². The SMILES string of the molecule is Cn1c(C(=O)NOC(C)(C)C)cc(Cl)c1Cl. The fraction of sp³-hybridized carbons (Fsp3) is 0.500. The van der Waals surface area contributed by atoms with Gasteiger partial charge in [0.25, 0.3) is 5.91 Å². The van der Waals surface area contributed by atoms with Gasteiger partial charge in [-0.25, -0.2) is 5.48 Å². The molecule has 0 fully saturated rings. The van der Waals surface area contributed by atoms with Gasteiger partial charge in [0, 0.05) is 7.05 Å². The maximum absolute atomic E-state index is 11.7. The normalized spacial score (nSPS) is 11.6. The number of hydroxylamine groups is 1. The minimum atomic E-state index is -0.450. The van der Waals surface area contributed by atoms with Crippen LogP contribution in [-0.4, -0.2) is 16.1 Å². The van der Waals surface area contributed by atoms with Crippen LogP contribution in [0.5, 0.6) is 0 Å². The summed E-state index contributed by atoms with van der Waals surface area (Å²) in [6.07, 6.45) is 0. The van der Waals surface area contributed by atoms with Crippen LogP contribution in [0.1, 0.15) is 31.3 Å². The molecule has 16 heavy (non-hydrogen) atoms. The first kappa shape index (κ1) is 13.4. The van der Waals surface area contributed by atoms with Crippen molar-refractivity contribution in [3.8, 4) is 0 Å². The van der Waals surface area contributed by atoms with Gasteiger partial charge in [-0.1, -0.05) is 23.2 Å². The summed E-state index contributed by atoms with van der Waals surface area (Å²) in [5, 5.41) is 0.660. The van der Waals surface area contributed by atoms with Gasteiger partial charge in [-0.3, -0.25) is 9.63 Å².